The predicted octanol–water partition coefficient (Wildman–Crippen LogP) is 3.47. The molecule has 22 heavy (non-hydrogen) atoms. The molecule has 1 aliphatic rings. The molecule has 4 nitrogen and oxygen atoms in total. The normalized spacial score (nSPS) is 15.6. The maximum atomic E-state index is 12.1. The van der Waals surface area contributed by atoms with Gasteiger partial charge in [-0.1, -0.05) is 23.8 Å². The van der Waals surface area contributed by atoms with Crippen molar-refractivity contribution in [3.63, 3.8) is 0 Å². The minimum absolute atomic E-state index is 0.0951. The molecule has 1 amide bonds. The zero-order chi connectivity index (χ0) is 15.8. The first-order valence-electron chi connectivity index (χ1n) is 7.96. The summed E-state index contributed by atoms with van der Waals surface area (Å²) in [6.07, 6.45) is 7.61. The Morgan fingerprint density at radius 1 is 1.27 bits per heavy atom. The van der Waals surface area contributed by atoms with Crippen molar-refractivity contribution < 1.29 is 14.3 Å². The molecule has 0 saturated carbocycles. The largest absolute Gasteiger partial charge is 0.493 e. The second-order valence-electron chi connectivity index (χ2n) is 5.56. The highest BCUT2D eigenvalue weighted by Gasteiger charge is 2.16. The molecular weight excluding hydrogens is 278 g/mol. The van der Waals surface area contributed by atoms with Gasteiger partial charge in [0.25, 0.3) is 5.91 Å². The van der Waals surface area contributed by atoms with Crippen LogP contribution in [-0.2, 0) is 4.79 Å². The van der Waals surface area contributed by atoms with Crippen LogP contribution >= 0.6 is 0 Å². The van der Waals surface area contributed by atoms with E-state index in [2.05, 4.69) is 11.4 Å². The summed E-state index contributed by atoms with van der Waals surface area (Å²) in [5, 5.41) is 2.94. The lowest BCUT2D eigenvalue weighted by atomic mass is 9.97. The van der Waals surface area contributed by atoms with Crippen molar-refractivity contribution in [3.8, 4) is 11.5 Å². The molecule has 0 aromatic heterocycles. The average Bonchev–Trinajstić information content (AvgIpc) is 2.56. The van der Waals surface area contributed by atoms with E-state index >= 15 is 0 Å². The number of ether oxygens (including phenoxy) is 2. The maximum Gasteiger partial charge on any atom is 0.260 e. The molecule has 1 aromatic rings. The van der Waals surface area contributed by atoms with Gasteiger partial charge in [-0.3, -0.25) is 4.79 Å². The molecule has 0 bridgehead atoms. The number of methoxy groups -OCH3 is 1. The quantitative estimate of drug-likeness (QED) is 0.785. The van der Waals surface area contributed by atoms with Crippen molar-refractivity contribution in [2.24, 2.45) is 0 Å². The predicted molar refractivity (Wildman–Crippen MR) is 87.3 cm³/mol. The summed E-state index contributed by atoms with van der Waals surface area (Å²) in [5.41, 5.74) is 1.46. The molecule has 0 radical (unpaired) electrons. The first-order valence-corrected chi connectivity index (χ1v) is 7.96. The smallest absolute Gasteiger partial charge is 0.260 e. The van der Waals surface area contributed by atoms with Crippen LogP contribution in [0.25, 0.3) is 0 Å². The fourth-order valence-electron chi connectivity index (χ4n) is 2.58. The van der Waals surface area contributed by atoms with Crippen molar-refractivity contribution in [2.75, 3.05) is 13.7 Å². The fraction of sp³-hybridized carbons (Fsp3) is 0.500. The molecule has 120 valence electrons. The van der Waals surface area contributed by atoms with Gasteiger partial charge in [-0.25, -0.2) is 0 Å². The van der Waals surface area contributed by atoms with E-state index in [0.717, 1.165) is 6.42 Å². The van der Waals surface area contributed by atoms with E-state index in [9.17, 15) is 4.79 Å². The Kier molecular flexibility index (Phi) is 6.31. The number of para-hydroxylation sites is 2. The third-order valence-electron chi connectivity index (χ3n) is 3.87. The van der Waals surface area contributed by atoms with Gasteiger partial charge in [0.05, 0.1) is 7.11 Å². The van der Waals surface area contributed by atoms with Crippen LogP contribution in [-0.4, -0.2) is 25.7 Å². The van der Waals surface area contributed by atoms with Crippen LogP contribution < -0.4 is 14.8 Å². The van der Waals surface area contributed by atoms with Crippen LogP contribution in [0.3, 0.4) is 0 Å². The molecule has 1 aliphatic carbocycles. The van der Waals surface area contributed by atoms with Gasteiger partial charge >= 0.3 is 0 Å². The zero-order valence-corrected chi connectivity index (χ0v) is 13.4. The van der Waals surface area contributed by atoms with E-state index in [1.54, 1.807) is 20.1 Å². The highest BCUT2D eigenvalue weighted by molar-refractivity contribution is 5.80. The molecule has 1 aromatic carbocycles. The Balaban J connectivity index is 1.78. The van der Waals surface area contributed by atoms with Gasteiger partial charge in [0, 0.05) is 6.54 Å². The van der Waals surface area contributed by atoms with Crippen molar-refractivity contribution in [1.29, 1.82) is 0 Å². The molecular formula is C18H25NO3. The van der Waals surface area contributed by atoms with E-state index in [1.165, 1.54) is 31.3 Å². The first-order chi connectivity index (χ1) is 10.7. The molecule has 0 spiro atoms. The van der Waals surface area contributed by atoms with Crippen LogP contribution in [0.4, 0.5) is 0 Å². The Hall–Kier alpha value is -1.97. The first kappa shape index (κ1) is 16.4. The third-order valence-corrected chi connectivity index (χ3v) is 3.87. The number of benzene rings is 1. The topological polar surface area (TPSA) is 47.6 Å². The molecule has 0 aliphatic heterocycles. The summed E-state index contributed by atoms with van der Waals surface area (Å²) < 4.78 is 10.9. The molecule has 2 rings (SSSR count). The minimum Gasteiger partial charge on any atom is -0.493 e. The molecule has 1 atom stereocenters. The van der Waals surface area contributed by atoms with Gasteiger partial charge in [0.1, 0.15) is 0 Å². The SMILES string of the molecule is COc1ccccc1OC(C)C(=O)NCCC1=CCCCC1. The summed E-state index contributed by atoms with van der Waals surface area (Å²) >= 11 is 0. The maximum absolute atomic E-state index is 12.1. The van der Waals surface area contributed by atoms with E-state index in [-0.39, 0.29) is 5.91 Å². The Morgan fingerprint density at radius 2 is 2.05 bits per heavy atom. The van der Waals surface area contributed by atoms with Crippen molar-refractivity contribution >= 4 is 5.91 Å². The van der Waals surface area contributed by atoms with E-state index in [1.807, 2.05) is 18.2 Å². The standard InChI is InChI=1S/C18H25NO3/c1-14(22-17-11-7-6-10-16(17)21-2)18(20)19-13-12-15-8-4-3-5-9-15/h6-8,10-11,14H,3-5,9,12-13H2,1-2H3,(H,19,20). The molecule has 0 saturated heterocycles. The van der Waals surface area contributed by atoms with Crippen molar-refractivity contribution in [3.05, 3.63) is 35.9 Å². The van der Waals surface area contributed by atoms with Gasteiger partial charge in [-0.15, -0.1) is 0 Å². The molecule has 1 N–H and O–H groups in total. The number of amides is 1. The molecule has 0 fully saturated rings. The number of rotatable bonds is 7. The lowest BCUT2D eigenvalue weighted by Gasteiger charge is -2.17. The minimum atomic E-state index is -0.545. The van der Waals surface area contributed by atoms with Crippen LogP contribution in [0.15, 0.2) is 35.9 Å². The van der Waals surface area contributed by atoms with Gasteiger partial charge in [-0.05, 0) is 51.2 Å². The van der Waals surface area contributed by atoms with E-state index in [0.29, 0.717) is 18.0 Å². The van der Waals surface area contributed by atoms with E-state index in [4.69, 9.17) is 9.47 Å². The number of allylic oxidation sites excluding steroid dienone is 1. The molecule has 4 heteroatoms. The average molecular weight is 303 g/mol. The Morgan fingerprint density at radius 3 is 2.73 bits per heavy atom. The van der Waals surface area contributed by atoms with Gasteiger partial charge in [0.15, 0.2) is 17.6 Å². The van der Waals surface area contributed by atoms with Crippen molar-refractivity contribution in [1.82, 2.24) is 5.32 Å². The summed E-state index contributed by atoms with van der Waals surface area (Å²) in [7, 11) is 1.59. The summed E-state index contributed by atoms with van der Waals surface area (Å²) in [6, 6.07) is 7.34. The van der Waals surface area contributed by atoms with Crippen molar-refractivity contribution in [2.45, 2.75) is 45.1 Å². The highest BCUT2D eigenvalue weighted by atomic mass is 16.5. The Bertz CT molecular complexity index is 525. The number of carbonyl (C=O) groups is 1. The molecule has 1 unspecified atom stereocenters. The van der Waals surface area contributed by atoms with Crippen LogP contribution in [0.2, 0.25) is 0 Å². The summed E-state index contributed by atoms with van der Waals surface area (Å²) in [5.74, 6) is 1.12. The van der Waals surface area contributed by atoms with Crippen LogP contribution in [0.5, 0.6) is 11.5 Å². The molecule has 0 heterocycles. The zero-order valence-electron chi connectivity index (χ0n) is 13.4. The number of carbonyl (C=O) groups excluding carboxylic acids is 1. The summed E-state index contributed by atoms with van der Waals surface area (Å²) in [6.45, 7) is 2.42. The highest BCUT2D eigenvalue weighted by Crippen LogP contribution is 2.26. The lowest BCUT2D eigenvalue weighted by Crippen LogP contribution is -2.37. The van der Waals surface area contributed by atoms with E-state index < -0.39 is 6.10 Å². The number of nitrogens with one attached hydrogen (secondary N) is 1. The van der Waals surface area contributed by atoms with Gasteiger partial charge < -0.3 is 14.8 Å². The number of hydrogen-bond donors (Lipinski definition) is 1. The number of hydrogen-bond acceptors (Lipinski definition) is 3. The van der Waals surface area contributed by atoms with Crippen LogP contribution in [0, 0.1) is 0 Å². The van der Waals surface area contributed by atoms with Gasteiger partial charge in [0.2, 0.25) is 0 Å². The fourth-order valence-corrected chi connectivity index (χ4v) is 2.58. The van der Waals surface area contributed by atoms with Gasteiger partial charge in [-0.2, -0.15) is 0 Å². The monoisotopic (exact) mass is 303 g/mol. The van der Waals surface area contributed by atoms with Crippen LogP contribution in [0.1, 0.15) is 39.0 Å². The lowest BCUT2D eigenvalue weighted by molar-refractivity contribution is -0.127. The second kappa shape index (κ2) is 8.47. The summed E-state index contributed by atoms with van der Waals surface area (Å²) in [4.78, 5) is 12.1. The second-order valence-corrected chi connectivity index (χ2v) is 5.56. The third kappa shape index (κ3) is 4.79. The Labute approximate surface area is 132 Å².